The Balaban J connectivity index is 1.63. The smallest absolute Gasteiger partial charge is 0.0560 e. The molecule has 1 unspecified atom stereocenters. The van der Waals surface area contributed by atoms with E-state index in [0.717, 1.165) is 19.5 Å². The molecule has 0 aliphatic heterocycles. The highest BCUT2D eigenvalue weighted by Crippen LogP contribution is 2.02. The summed E-state index contributed by atoms with van der Waals surface area (Å²) in [6, 6.07) is 11.1. The molecule has 19 heavy (non-hydrogen) atoms. The number of benzene rings is 1. The van der Waals surface area contributed by atoms with Gasteiger partial charge in [-0.25, -0.2) is 0 Å². The number of hydrogen-bond acceptors (Lipinski definition) is 2. The summed E-state index contributed by atoms with van der Waals surface area (Å²) in [7, 11) is 0. The van der Waals surface area contributed by atoms with E-state index in [1.165, 1.54) is 17.5 Å². The third-order valence-corrected chi connectivity index (χ3v) is 3.20. The lowest BCUT2D eigenvalue weighted by Gasteiger charge is -2.13. The van der Waals surface area contributed by atoms with Crippen LogP contribution in [-0.2, 0) is 13.0 Å². The highest BCUT2D eigenvalue weighted by Gasteiger charge is 2.03. The zero-order chi connectivity index (χ0) is 13.5. The van der Waals surface area contributed by atoms with Gasteiger partial charge in [-0.15, -0.1) is 0 Å². The maximum Gasteiger partial charge on any atom is 0.0560 e. The van der Waals surface area contributed by atoms with E-state index >= 15 is 0 Å². The predicted molar refractivity (Wildman–Crippen MR) is 79.2 cm³/mol. The van der Waals surface area contributed by atoms with Gasteiger partial charge < -0.3 is 5.32 Å². The molecule has 0 spiro atoms. The minimum atomic E-state index is 0.454. The molecular formula is C16H23N3. The molecule has 1 heterocycles. The summed E-state index contributed by atoms with van der Waals surface area (Å²) >= 11 is 0. The number of aromatic nitrogens is 2. The lowest BCUT2D eigenvalue weighted by atomic mass is 10.1. The van der Waals surface area contributed by atoms with Crippen molar-refractivity contribution in [3.8, 4) is 0 Å². The van der Waals surface area contributed by atoms with Crippen molar-refractivity contribution in [3.05, 3.63) is 53.9 Å². The fourth-order valence-corrected chi connectivity index (χ4v) is 2.20. The summed E-state index contributed by atoms with van der Waals surface area (Å²) in [5, 5.41) is 7.86. The molecule has 0 saturated carbocycles. The summed E-state index contributed by atoms with van der Waals surface area (Å²) in [4.78, 5) is 0. The number of rotatable bonds is 7. The van der Waals surface area contributed by atoms with Gasteiger partial charge in [0.2, 0.25) is 0 Å². The maximum atomic E-state index is 4.31. The molecule has 2 aromatic rings. The van der Waals surface area contributed by atoms with E-state index in [2.05, 4.69) is 60.8 Å². The summed E-state index contributed by atoms with van der Waals surface area (Å²) < 4.78 is 2.00. The molecule has 102 valence electrons. The van der Waals surface area contributed by atoms with Crippen LogP contribution in [0.5, 0.6) is 0 Å². The molecule has 2 rings (SSSR count). The van der Waals surface area contributed by atoms with Crippen LogP contribution in [-0.4, -0.2) is 22.4 Å². The van der Waals surface area contributed by atoms with Crippen LogP contribution in [0.15, 0.2) is 42.7 Å². The second-order valence-corrected chi connectivity index (χ2v) is 5.18. The molecule has 0 aliphatic rings. The predicted octanol–water partition coefficient (Wildman–Crippen LogP) is 2.80. The quantitative estimate of drug-likeness (QED) is 0.773. The third kappa shape index (κ3) is 4.87. The lowest BCUT2D eigenvalue weighted by Crippen LogP contribution is -2.31. The fraction of sp³-hybridized carbons (Fsp3) is 0.438. The summed E-state index contributed by atoms with van der Waals surface area (Å²) in [5.41, 5.74) is 2.64. The summed E-state index contributed by atoms with van der Waals surface area (Å²) in [6.07, 6.45) is 6.30. The standard InChI is InChI=1S/C16H23N3/c1-14-11-18-19(12-14)13-15(2)17-10-6-9-16-7-4-3-5-8-16/h3-5,7-8,11-12,15,17H,6,9-10,13H2,1-2H3. The van der Waals surface area contributed by atoms with Gasteiger partial charge in [-0.1, -0.05) is 30.3 Å². The minimum absolute atomic E-state index is 0.454. The highest BCUT2D eigenvalue weighted by atomic mass is 15.3. The van der Waals surface area contributed by atoms with E-state index < -0.39 is 0 Å². The van der Waals surface area contributed by atoms with Gasteiger partial charge in [0.05, 0.1) is 12.7 Å². The molecule has 0 amide bonds. The highest BCUT2D eigenvalue weighted by molar-refractivity contribution is 5.14. The Labute approximate surface area is 115 Å². The fourth-order valence-electron chi connectivity index (χ4n) is 2.20. The Kier molecular flexibility index (Phi) is 5.16. The molecule has 3 heteroatoms. The maximum absolute atomic E-state index is 4.31. The number of aryl methyl sites for hydroxylation is 2. The molecular weight excluding hydrogens is 234 g/mol. The second-order valence-electron chi connectivity index (χ2n) is 5.18. The van der Waals surface area contributed by atoms with Gasteiger partial charge in [0.25, 0.3) is 0 Å². The van der Waals surface area contributed by atoms with Gasteiger partial charge in [0.1, 0.15) is 0 Å². The molecule has 0 fully saturated rings. The average Bonchev–Trinajstić information content (AvgIpc) is 2.81. The van der Waals surface area contributed by atoms with Crippen molar-refractivity contribution < 1.29 is 0 Å². The van der Waals surface area contributed by atoms with Crippen molar-refractivity contribution in [1.29, 1.82) is 0 Å². The van der Waals surface area contributed by atoms with Gasteiger partial charge in [-0.3, -0.25) is 4.68 Å². The molecule has 3 nitrogen and oxygen atoms in total. The summed E-state index contributed by atoms with van der Waals surface area (Å²) in [6.45, 7) is 6.26. The SMILES string of the molecule is Cc1cnn(CC(C)NCCCc2ccccc2)c1. The Morgan fingerprint density at radius 2 is 2.05 bits per heavy atom. The second kappa shape index (κ2) is 7.10. The molecule has 1 aromatic heterocycles. The molecule has 0 bridgehead atoms. The Morgan fingerprint density at radius 1 is 1.26 bits per heavy atom. The van der Waals surface area contributed by atoms with E-state index in [1.807, 2.05) is 10.9 Å². The van der Waals surface area contributed by atoms with Gasteiger partial charge >= 0.3 is 0 Å². The van der Waals surface area contributed by atoms with E-state index in [-0.39, 0.29) is 0 Å². The monoisotopic (exact) mass is 257 g/mol. The molecule has 1 N–H and O–H groups in total. The van der Waals surface area contributed by atoms with Gasteiger partial charge in [0.15, 0.2) is 0 Å². The van der Waals surface area contributed by atoms with Gasteiger partial charge in [0, 0.05) is 12.2 Å². The van der Waals surface area contributed by atoms with Crippen molar-refractivity contribution in [3.63, 3.8) is 0 Å². The molecule has 0 aliphatic carbocycles. The first-order valence-corrected chi connectivity index (χ1v) is 7.00. The Bertz CT molecular complexity index is 476. The normalized spacial score (nSPS) is 12.5. The van der Waals surface area contributed by atoms with E-state index in [9.17, 15) is 0 Å². The zero-order valence-electron chi connectivity index (χ0n) is 11.8. The van der Waals surface area contributed by atoms with Gasteiger partial charge in [-0.2, -0.15) is 5.10 Å². The van der Waals surface area contributed by atoms with Crippen molar-refractivity contribution in [2.45, 2.75) is 39.3 Å². The van der Waals surface area contributed by atoms with Crippen LogP contribution in [0.3, 0.4) is 0 Å². The number of nitrogens with zero attached hydrogens (tertiary/aromatic N) is 2. The Morgan fingerprint density at radius 3 is 2.74 bits per heavy atom. The average molecular weight is 257 g/mol. The van der Waals surface area contributed by atoms with Crippen LogP contribution in [0, 0.1) is 6.92 Å². The lowest BCUT2D eigenvalue weighted by molar-refractivity contribution is 0.448. The van der Waals surface area contributed by atoms with Crippen molar-refractivity contribution in [1.82, 2.24) is 15.1 Å². The molecule has 0 saturated heterocycles. The zero-order valence-corrected chi connectivity index (χ0v) is 11.8. The first kappa shape index (κ1) is 13.8. The third-order valence-electron chi connectivity index (χ3n) is 3.20. The van der Waals surface area contributed by atoms with Crippen molar-refractivity contribution >= 4 is 0 Å². The first-order valence-electron chi connectivity index (χ1n) is 7.00. The first-order chi connectivity index (χ1) is 9.24. The van der Waals surface area contributed by atoms with Crippen LogP contribution in [0.25, 0.3) is 0 Å². The van der Waals surface area contributed by atoms with E-state index in [0.29, 0.717) is 6.04 Å². The van der Waals surface area contributed by atoms with Crippen LogP contribution >= 0.6 is 0 Å². The molecule has 1 atom stereocenters. The van der Waals surface area contributed by atoms with E-state index in [4.69, 9.17) is 0 Å². The topological polar surface area (TPSA) is 29.9 Å². The molecule has 1 aromatic carbocycles. The minimum Gasteiger partial charge on any atom is -0.312 e. The number of nitrogens with one attached hydrogen (secondary N) is 1. The van der Waals surface area contributed by atoms with Crippen LogP contribution in [0.1, 0.15) is 24.5 Å². The van der Waals surface area contributed by atoms with Gasteiger partial charge in [-0.05, 0) is 44.4 Å². The van der Waals surface area contributed by atoms with Crippen LogP contribution in [0.2, 0.25) is 0 Å². The Hall–Kier alpha value is -1.61. The van der Waals surface area contributed by atoms with Crippen LogP contribution in [0.4, 0.5) is 0 Å². The summed E-state index contributed by atoms with van der Waals surface area (Å²) in [5.74, 6) is 0. The largest absolute Gasteiger partial charge is 0.312 e. The molecule has 0 radical (unpaired) electrons. The number of hydrogen-bond donors (Lipinski definition) is 1. The van der Waals surface area contributed by atoms with Crippen molar-refractivity contribution in [2.24, 2.45) is 0 Å². The van der Waals surface area contributed by atoms with E-state index in [1.54, 1.807) is 0 Å². The van der Waals surface area contributed by atoms with Crippen LogP contribution < -0.4 is 5.32 Å². The van der Waals surface area contributed by atoms with Crippen molar-refractivity contribution in [2.75, 3.05) is 6.54 Å².